The van der Waals surface area contributed by atoms with Crippen LogP contribution in [0.3, 0.4) is 0 Å². The lowest BCUT2D eigenvalue weighted by Crippen LogP contribution is -2.49. The first kappa shape index (κ1) is 20.9. The number of benzene rings is 1. The molecule has 1 heterocycles. The lowest BCUT2D eigenvalue weighted by atomic mass is 10.2. The minimum absolute atomic E-state index is 0.0747. The van der Waals surface area contributed by atoms with Crippen LogP contribution in [-0.2, 0) is 14.8 Å². The van der Waals surface area contributed by atoms with E-state index >= 15 is 0 Å². The molecule has 1 aliphatic rings. The molecule has 0 atom stereocenters. The number of nitrogens with zero attached hydrogens (tertiary/aromatic N) is 2. The van der Waals surface area contributed by atoms with Crippen molar-refractivity contribution < 1.29 is 13.2 Å². The summed E-state index contributed by atoms with van der Waals surface area (Å²) in [6, 6.07) is 5.99. The molecule has 1 amide bonds. The number of piperazine rings is 1. The maximum absolute atomic E-state index is 12.3. The Labute approximate surface area is 160 Å². The summed E-state index contributed by atoms with van der Waals surface area (Å²) in [7, 11) is -3.57. The standard InChI is InChI=1S/C18H26ClN3O3S/c1-15(2)14-21-10-12-22(13-11-21)18(23)4-3-9-20-26(24,25)17-7-5-16(19)6-8-17/h5-8,20H,1,3-4,9-14H2,2H3. The number of carbonyl (C=O) groups excluding carboxylic acids is 1. The summed E-state index contributed by atoms with van der Waals surface area (Å²) in [6.07, 6.45) is 0.807. The number of amides is 1. The molecule has 1 aromatic rings. The number of carbonyl (C=O) groups is 1. The molecule has 1 aliphatic heterocycles. The van der Waals surface area contributed by atoms with E-state index in [0.29, 0.717) is 31.0 Å². The average Bonchev–Trinajstić information content (AvgIpc) is 2.59. The van der Waals surface area contributed by atoms with Crippen molar-refractivity contribution in [1.82, 2.24) is 14.5 Å². The molecule has 0 spiro atoms. The Kier molecular flexibility index (Phi) is 7.64. The molecule has 2 rings (SSSR count). The first-order valence-corrected chi connectivity index (χ1v) is 10.5. The summed E-state index contributed by atoms with van der Waals surface area (Å²) in [5, 5.41) is 0.484. The van der Waals surface area contributed by atoms with Crippen LogP contribution in [0.1, 0.15) is 19.8 Å². The van der Waals surface area contributed by atoms with Gasteiger partial charge in [0.25, 0.3) is 0 Å². The molecule has 0 unspecified atom stereocenters. The van der Waals surface area contributed by atoms with Crippen LogP contribution in [0.25, 0.3) is 0 Å². The zero-order valence-electron chi connectivity index (χ0n) is 15.1. The van der Waals surface area contributed by atoms with Gasteiger partial charge in [0.05, 0.1) is 4.90 Å². The van der Waals surface area contributed by atoms with Crippen LogP contribution in [0, 0.1) is 0 Å². The molecule has 1 fully saturated rings. The van der Waals surface area contributed by atoms with Gasteiger partial charge >= 0.3 is 0 Å². The lowest BCUT2D eigenvalue weighted by molar-refractivity contribution is -0.132. The third-order valence-electron chi connectivity index (χ3n) is 4.20. The van der Waals surface area contributed by atoms with Crippen LogP contribution in [0.2, 0.25) is 5.02 Å². The number of halogens is 1. The van der Waals surface area contributed by atoms with Crippen LogP contribution in [0.4, 0.5) is 0 Å². The van der Waals surface area contributed by atoms with E-state index in [1.54, 1.807) is 0 Å². The van der Waals surface area contributed by atoms with Gasteiger partial charge in [-0.25, -0.2) is 13.1 Å². The summed E-state index contributed by atoms with van der Waals surface area (Å²) < 4.78 is 26.8. The maximum Gasteiger partial charge on any atom is 0.240 e. The Balaban J connectivity index is 1.70. The molecular formula is C18H26ClN3O3S. The predicted molar refractivity (Wildman–Crippen MR) is 104 cm³/mol. The fourth-order valence-corrected chi connectivity index (χ4v) is 4.04. The third-order valence-corrected chi connectivity index (χ3v) is 5.93. The van der Waals surface area contributed by atoms with Gasteiger partial charge in [-0.1, -0.05) is 23.8 Å². The quantitative estimate of drug-likeness (QED) is 0.537. The first-order chi connectivity index (χ1) is 12.3. The Hall–Kier alpha value is -1.41. The predicted octanol–water partition coefficient (Wildman–Crippen LogP) is 2.12. The summed E-state index contributed by atoms with van der Waals surface area (Å²) in [5.74, 6) is 0.0747. The van der Waals surface area contributed by atoms with Crippen molar-refractivity contribution in [3.63, 3.8) is 0 Å². The number of sulfonamides is 1. The molecule has 1 N–H and O–H groups in total. The molecule has 0 bridgehead atoms. The minimum atomic E-state index is -3.57. The number of rotatable bonds is 8. The average molecular weight is 400 g/mol. The molecule has 8 heteroatoms. The molecule has 0 aliphatic carbocycles. The number of nitrogens with one attached hydrogen (secondary N) is 1. The molecule has 0 aromatic heterocycles. The minimum Gasteiger partial charge on any atom is -0.340 e. The fourth-order valence-electron chi connectivity index (χ4n) is 2.84. The normalized spacial score (nSPS) is 15.8. The second-order valence-electron chi connectivity index (χ2n) is 6.57. The zero-order chi connectivity index (χ0) is 19.2. The molecular weight excluding hydrogens is 374 g/mol. The Morgan fingerprint density at radius 3 is 2.38 bits per heavy atom. The van der Waals surface area contributed by atoms with E-state index < -0.39 is 10.0 Å². The topological polar surface area (TPSA) is 69.7 Å². The highest BCUT2D eigenvalue weighted by Gasteiger charge is 2.21. The van der Waals surface area contributed by atoms with Crippen molar-refractivity contribution in [1.29, 1.82) is 0 Å². The lowest BCUT2D eigenvalue weighted by Gasteiger charge is -2.34. The summed E-state index contributed by atoms with van der Waals surface area (Å²) in [5.41, 5.74) is 1.12. The first-order valence-electron chi connectivity index (χ1n) is 8.68. The Bertz CT molecular complexity index is 727. The summed E-state index contributed by atoms with van der Waals surface area (Å²) in [4.78, 5) is 16.6. The van der Waals surface area contributed by atoms with Gasteiger partial charge in [0, 0.05) is 50.7 Å². The highest BCUT2D eigenvalue weighted by molar-refractivity contribution is 7.89. The Morgan fingerprint density at radius 2 is 1.81 bits per heavy atom. The highest BCUT2D eigenvalue weighted by Crippen LogP contribution is 2.14. The van der Waals surface area contributed by atoms with E-state index in [0.717, 1.165) is 25.2 Å². The molecule has 6 nitrogen and oxygen atoms in total. The van der Waals surface area contributed by atoms with Crippen molar-refractivity contribution in [3.05, 3.63) is 41.4 Å². The maximum atomic E-state index is 12.3. The molecule has 1 aromatic carbocycles. The second-order valence-corrected chi connectivity index (χ2v) is 8.77. The third kappa shape index (κ3) is 6.39. The Morgan fingerprint density at radius 1 is 1.19 bits per heavy atom. The van der Waals surface area contributed by atoms with Crippen LogP contribution >= 0.6 is 11.6 Å². The monoisotopic (exact) mass is 399 g/mol. The molecule has 1 saturated heterocycles. The van der Waals surface area contributed by atoms with Crippen LogP contribution in [0.5, 0.6) is 0 Å². The number of hydrogen-bond donors (Lipinski definition) is 1. The van der Waals surface area contributed by atoms with Crippen molar-refractivity contribution in [2.75, 3.05) is 39.3 Å². The molecule has 144 valence electrons. The van der Waals surface area contributed by atoms with Crippen LogP contribution in [-0.4, -0.2) is 63.4 Å². The largest absolute Gasteiger partial charge is 0.340 e. The van der Waals surface area contributed by atoms with E-state index in [4.69, 9.17) is 11.6 Å². The van der Waals surface area contributed by atoms with Gasteiger partial charge < -0.3 is 4.90 Å². The van der Waals surface area contributed by atoms with Crippen molar-refractivity contribution in [2.24, 2.45) is 0 Å². The van der Waals surface area contributed by atoms with Crippen LogP contribution < -0.4 is 4.72 Å². The number of hydrogen-bond acceptors (Lipinski definition) is 4. The van der Waals surface area contributed by atoms with Crippen molar-refractivity contribution >= 4 is 27.5 Å². The van der Waals surface area contributed by atoms with Crippen molar-refractivity contribution in [3.8, 4) is 0 Å². The van der Waals surface area contributed by atoms with Gasteiger partial charge in [-0.2, -0.15) is 0 Å². The van der Waals surface area contributed by atoms with E-state index in [1.165, 1.54) is 24.3 Å². The second kappa shape index (κ2) is 9.50. The van der Waals surface area contributed by atoms with E-state index in [9.17, 15) is 13.2 Å². The van der Waals surface area contributed by atoms with Gasteiger partial charge in [-0.3, -0.25) is 9.69 Å². The van der Waals surface area contributed by atoms with Gasteiger partial charge in [-0.05, 0) is 37.6 Å². The fraction of sp³-hybridized carbons (Fsp3) is 0.500. The smallest absolute Gasteiger partial charge is 0.240 e. The van der Waals surface area contributed by atoms with E-state index in [1.807, 2.05) is 11.8 Å². The van der Waals surface area contributed by atoms with Crippen molar-refractivity contribution in [2.45, 2.75) is 24.7 Å². The van der Waals surface area contributed by atoms with Gasteiger partial charge in [0.15, 0.2) is 0 Å². The SMILES string of the molecule is C=C(C)CN1CCN(C(=O)CCCNS(=O)(=O)c2ccc(Cl)cc2)CC1. The summed E-state index contributed by atoms with van der Waals surface area (Å²) >= 11 is 5.77. The van der Waals surface area contributed by atoms with Gasteiger partial charge in [0.1, 0.15) is 0 Å². The van der Waals surface area contributed by atoms with Gasteiger partial charge in [0.2, 0.25) is 15.9 Å². The van der Waals surface area contributed by atoms with Crippen LogP contribution in [0.15, 0.2) is 41.3 Å². The molecule has 0 radical (unpaired) electrons. The zero-order valence-corrected chi connectivity index (χ0v) is 16.7. The van der Waals surface area contributed by atoms with E-state index in [2.05, 4.69) is 16.2 Å². The summed E-state index contributed by atoms with van der Waals surface area (Å²) in [6.45, 7) is 10.1. The molecule has 26 heavy (non-hydrogen) atoms. The molecule has 0 saturated carbocycles. The van der Waals surface area contributed by atoms with E-state index in [-0.39, 0.29) is 17.3 Å². The van der Waals surface area contributed by atoms with Gasteiger partial charge in [-0.15, -0.1) is 0 Å². The highest BCUT2D eigenvalue weighted by atomic mass is 35.5.